The van der Waals surface area contributed by atoms with Crippen molar-refractivity contribution in [3.63, 3.8) is 0 Å². The van der Waals surface area contributed by atoms with E-state index in [1.807, 2.05) is 83.8 Å². The van der Waals surface area contributed by atoms with E-state index in [1.54, 1.807) is 6.08 Å². The molecule has 4 aromatic rings. The number of hydrogen-bond donors (Lipinski definition) is 0. The first-order chi connectivity index (χ1) is 18.6. The number of hydrogen-bond acceptors (Lipinski definition) is 3. The number of halogens is 2. The largest absolute Gasteiger partial charge is 0.359 e. The van der Waals surface area contributed by atoms with E-state index in [9.17, 15) is 5.26 Å². The molecular formula is C33H30BrClN2O. The van der Waals surface area contributed by atoms with Crippen molar-refractivity contribution in [1.29, 1.82) is 5.26 Å². The van der Waals surface area contributed by atoms with Gasteiger partial charge >= 0.3 is 0 Å². The molecule has 0 saturated carbocycles. The van der Waals surface area contributed by atoms with E-state index in [-0.39, 0.29) is 19.2 Å². The van der Waals surface area contributed by atoms with E-state index >= 15 is 0 Å². The van der Waals surface area contributed by atoms with Crippen LogP contribution in [0.1, 0.15) is 27.6 Å². The molecule has 192 valence electrons. The van der Waals surface area contributed by atoms with Crippen LogP contribution in [0, 0.1) is 11.3 Å². The van der Waals surface area contributed by atoms with Gasteiger partial charge in [0.05, 0.1) is 30.6 Å². The Morgan fingerprint density at radius 2 is 1.32 bits per heavy atom. The molecule has 0 amide bonds. The SMILES string of the molecule is C=CCN(CC#N)[C@@H](COC(c1ccccc1)(c1ccccc1)c1ccccc1)[C@H](Cl)c1ccccc1Br. The zero-order chi connectivity index (χ0) is 26.8. The van der Waals surface area contributed by atoms with Gasteiger partial charge in [-0.2, -0.15) is 5.26 Å². The van der Waals surface area contributed by atoms with Crippen LogP contribution in [-0.4, -0.2) is 30.6 Å². The minimum atomic E-state index is -0.890. The fraction of sp³-hybridized carbons (Fsp3) is 0.182. The standard InChI is InChI=1S/C33H30BrClN2O/c1-2-23-37(24-22-36)31(32(35)29-20-12-13-21-30(29)34)25-38-33(26-14-6-3-7-15-26,27-16-8-4-9-17-27)28-18-10-5-11-19-28/h2-21,31-32H,1,23-25H2/t31-,32+/m0/s1. The van der Waals surface area contributed by atoms with Crippen molar-refractivity contribution in [2.24, 2.45) is 0 Å². The second-order valence-electron chi connectivity index (χ2n) is 8.96. The van der Waals surface area contributed by atoms with Gasteiger partial charge in [-0.25, -0.2) is 0 Å². The number of rotatable bonds is 12. The second kappa shape index (κ2) is 13.6. The van der Waals surface area contributed by atoms with Crippen LogP contribution in [0.15, 0.2) is 132 Å². The molecule has 3 nitrogen and oxygen atoms in total. The molecule has 2 atom stereocenters. The van der Waals surface area contributed by atoms with Crippen LogP contribution in [0.25, 0.3) is 0 Å². The van der Waals surface area contributed by atoms with Gasteiger partial charge in [0.15, 0.2) is 0 Å². The molecule has 0 N–H and O–H groups in total. The first-order valence-corrected chi connectivity index (χ1v) is 13.8. The fourth-order valence-electron chi connectivity index (χ4n) is 4.83. The van der Waals surface area contributed by atoms with Crippen molar-refractivity contribution in [3.05, 3.63) is 155 Å². The molecule has 0 saturated heterocycles. The lowest BCUT2D eigenvalue weighted by molar-refractivity contribution is -0.0206. The zero-order valence-electron chi connectivity index (χ0n) is 21.1. The quantitative estimate of drug-likeness (QED) is 0.0729. The first-order valence-electron chi connectivity index (χ1n) is 12.5. The van der Waals surface area contributed by atoms with Crippen LogP contribution < -0.4 is 0 Å². The van der Waals surface area contributed by atoms with Crippen molar-refractivity contribution in [3.8, 4) is 6.07 Å². The molecule has 0 aliphatic rings. The minimum absolute atomic E-state index is 0.197. The van der Waals surface area contributed by atoms with E-state index in [0.29, 0.717) is 6.54 Å². The number of benzene rings is 4. The lowest BCUT2D eigenvalue weighted by Gasteiger charge is -2.40. The number of ether oxygens (including phenoxy) is 1. The monoisotopic (exact) mass is 584 g/mol. The average Bonchev–Trinajstić information content (AvgIpc) is 2.97. The Kier molecular flexibility index (Phi) is 9.92. The van der Waals surface area contributed by atoms with Gasteiger partial charge in [0.1, 0.15) is 5.60 Å². The number of nitriles is 1. The third-order valence-electron chi connectivity index (χ3n) is 6.66. The van der Waals surface area contributed by atoms with Gasteiger partial charge in [-0.15, -0.1) is 18.2 Å². The normalized spacial score (nSPS) is 13.0. The molecule has 4 rings (SSSR count). The first kappa shape index (κ1) is 27.8. The molecule has 0 heterocycles. The van der Waals surface area contributed by atoms with Crippen molar-refractivity contribution in [2.75, 3.05) is 19.7 Å². The molecule has 0 spiro atoms. The minimum Gasteiger partial charge on any atom is -0.359 e. The summed E-state index contributed by atoms with van der Waals surface area (Å²) in [6, 6.07) is 40.7. The predicted octanol–water partition coefficient (Wildman–Crippen LogP) is 8.12. The van der Waals surface area contributed by atoms with Gasteiger partial charge in [-0.3, -0.25) is 4.90 Å². The highest BCUT2D eigenvalue weighted by atomic mass is 79.9. The summed E-state index contributed by atoms with van der Waals surface area (Å²) in [5, 5.41) is 9.22. The van der Waals surface area contributed by atoms with Crippen LogP contribution in [-0.2, 0) is 10.3 Å². The molecule has 0 aromatic heterocycles. The maximum atomic E-state index is 9.66. The van der Waals surface area contributed by atoms with Gasteiger partial charge in [-0.1, -0.05) is 131 Å². The summed E-state index contributed by atoms with van der Waals surface area (Å²) in [6.45, 7) is 4.89. The molecule has 0 aliphatic heterocycles. The van der Waals surface area contributed by atoms with Crippen molar-refractivity contribution in [2.45, 2.75) is 17.0 Å². The molecule has 0 unspecified atom stereocenters. The third kappa shape index (κ3) is 6.09. The van der Waals surface area contributed by atoms with Crippen molar-refractivity contribution in [1.82, 2.24) is 4.90 Å². The van der Waals surface area contributed by atoms with Crippen LogP contribution in [0.2, 0.25) is 0 Å². The fourth-order valence-corrected chi connectivity index (χ4v) is 5.92. The Bertz CT molecular complexity index is 1250. The topological polar surface area (TPSA) is 36.3 Å². The van der Waals surface area contributed by atoms with Gasteiger partial charge in [-0.05, 0) is 28.3 Å². The van der Waals surface area contributed by atoms with Crippen LogP contribution >= 0.6 is 27.5 Å². The summed E-state index contributed by atoms with van der Waals surface area (Å²) in [4.78, 5) is 2.02. The number of nitrogens with zero attached hydrogens (tertiary/aromatic N) is 2. The Balaban J connectivity index is 1.85. The van der Waals surface area contributed by atoms with E-state index in [1.165, 1.54) is 0 Å². The van der Waals surface area contributed by atoms with E-state index in [0.717, 1.165) is 26.7 Å². The summed E-state index contributed by atoms with van der Waals surface area (Å²) in [7, 11) is 0. The summed E-state index contributed by atoms with van der Waals surface area (Å²) in [5.41, 5.74) is 3.09. The molecule has 0 fully saturated rings. The summed E-state index contributed by atoms with van der Waals surface area (Å²) in [5.74, 6) is 0. The zero-order valence-corrected chi connectivity index (χ0v) is 23.4. The van der Waals surface area contributed by atoms with Crippen LogP contribution in [0.4, 0.5) is 0 Å². The molecule has 5 heteroatoms. The molecule has 38 heavy (non-hydrogen) atoms. The second-order valence-corrected chi connectivity index (χ2v) is 10.3. The Labute approximate surface area is 239 Å². The predicted molar refractivity (Wildman–Crippen MR) is 159 cm³/mol. The Morgan fingerprint density at radius 1 is 0.842 bits per heavy atom. The van der Waals surface area contributed by atoms with Crippen LogP contribution in [0.5, 0.6) is 0 Å². The van der Waals surface area contributed by atoms with E-state index in [2.05, 4.69) is 65.0 Å². The molecule has 4 aromatic carbocycles. The third-order valence-corrected chi connectivity index (χ3v) is 7.91. The smallest absolute Gasteiger partial charge is 0.143 e. The number of alkyl halides is 1. The van der Waals surface area contributed by atoms with E-state index < -0.39 is 11.0 Å². The lowest BCUT2D eigenvalue weighted by Crippen LogP contribution is -2.45. The molecule has 0 aliphatic carbocycles. The Morgan fingerprint density at radius 3 is 1.76 bits per heavy atom. The molecule has 0 radical (unpaired) electrons. The van der Waals surface area contributed by atoms with Gasteiger partial charge in [0.25, 0.3) is 0 Å². The summed E-state index contributed by atoms with van der Waals surface area (Å²) >= 11 is 10.9. The van der Waals surface area contributed by atoms with Gasteiger partial charge in [0.2, 0.25) is 0 Å². The van der Waals surface area contributed by atoms with Gasteiger partial charge in [0, 0.05) is 11.0 Å². The highest BCUT2D eigenvalue weighted by Crippen LogP contribution is 2.42. The van der Waals surface area contributed by atoms with E-state index in [4.69, 9.17) is 16.3 Å². The highest BCUT2D eigenvalue weighted by Gasteiger charge is 2.40. The molecular weight excluding hydrogens is 556 g/mol. The van der Waals surface area contributed by atoms with Gasteiger partial charge < -0.3 is 4.74 Å². The maximum Gasteiger partial charge on any atom is 0.143 e. The van der Waals surface area contributed by atoms with Crippen molar-refractivity contribution >= 4 is 27.5 Å². The lowest BCUT2D eigenvalue weighted by atomic mass is 9.80. The average molecular weight is 586 g/mol. The van der Waals surface area contributed by atoms with Crippen molar-refractivity contribution < 1.29 is 4.74 Å². The summed E-state index contributed by atoms with van der Waals surface area (Å²) in [6.07, 6.45) is 1.80. The highest BCUT2D eigenvalue weighted by molar-refractivity contribution is 9.10. The molecule has 0 bridgehead atoms. The van der Waals surface area contributed by atoms with Crippen LogP contribution in [0.3, 0.4) is 0 Å². The summed E-state index contributed by atoms with van der Waals surface area (Å²) < 4.78 is 8.04. The maximum absolute atomic E-state index is 9.66. The Hall–Kier alpha value is -3.20.